The van der Waals surface area contributed by atoms with Crippen molar-refractivity contribution in [3.8, 4) is 11.4 Å². The normalized spacial score (nSPS) is 10.6. The summed E-state index contributed by atoms with van der Waals surface area (Å²) in [6, 6.07) is 7.43. The first kappa shape index (κ1) is 15.9. The first-order valence-electron chi connectivity index (χ1n) is 6.66. The van der Waals surface area contributed by atoms with E-state index in [-0.39, 0.29) is 5.91 Å². The fraction of sp³-hybridized carbons (Fsp3) is 0.357. The first-order valence-corrected chi connectivity index (χ1v) is 8.03. The van der Waals surface area contributed by atoms with Crippen LogP contribution in [0.15, 0.2) is 29.4 Å². The third-order valence-electron chi connectivity index (χ3n) is 2.84. The highest BCUT2D eigenvalue weighted by molar-refractivity contribution is 7.99. The molecule has 1 heterocycles. The largest absolute Gasteiger partial charge is 0.355 e. The van der Waals surface area contributed by atoms with E-state index in [1.807, 2.05) is 42.8 Å². The van der Waals surface area contributed by atoms with E-state index in [9.17, 15) is 4.79 Å². The number of hydrogen-bond acceptors (Lipinski definition) is 4. The van der Waals surface area contributed by atoms with Gasteiger partial charge in [0.05, 0.1) is 5.75 Å². The number of nitrogens with one attached hydrogen (secondary N) is 1. The van der Waals surface area contributed by atoms with Gasteiger partial charge in [-0.2, -0.15) is 0 Å². The second kappa shape index (κ2) is 7.47. The molecular formula is C14H17ClN4OS. The van der Waals surface area contributed by atoms with Gasteiger partial charge in [0.25, 0.3) is 0 Å². The van der Waals surface area contributed by atoms with Crippen LogP contribution in [0.1, 0.15) is 13.3 Å². The Labute approximate surface area is 133 Å². The second-order valence-corrected chi connectivity index (χ2v) is 5.89. The molecule has 0 aliphatic heterocycles. The molecule has 0 saturated heterocycles. The summed E-state index contributed by atoms with van der Waals surface area (Å²) in [7, 11) is 1.89. The van der Waals surface area contributed by atoms with Crippen LogP contribution in [-0.4, -0.2) is 33.0 Å². The molecule has 0 bridgehead atoms. The van der Waals surface area contributed by atoms with E-state index < -0.39 is 0 Å². The molecule has 1 N–H and O–H groups in total. The summed E-state index contributed by atoms with van der Waals surface area (Å²) in [4.78, 5) is 11.6. The molecule has 0 aliphatic rings. The molecule has 0 saturated carbocycles. The lowest BCUT2D eigenvalue weighted by Gasteiger charge is -2.04. The number of carbonyl (C=O) groups is 1. The minimum atomic E-state index is 0.0119. The van der Waals surface area contributed by atoms with Crippen LogP contribution in [0.4, 0.5) is 0 Å². The van der Waals surface area contributed by atoms with E-state index in [1.165, 1.54) is 11.8 Å². The van der Waals surface area contributed by atoms with Crippen LogP contribution >= 0.6 is 23.4 Å². The molecule has 0 spiro atoms. The number of nitrogens with zero attached hydrogens (tertiary/aromatic N) is 3. The molecule has 0 atom stereocenters. The van der Waals surface area contributed by atoms with Gasteiger partial charge < -0.3 is 9.88 Å². The highest BCUT2D eigenvalue weighted by Gasteiger charge is 2.12. The van der Waals surface area contributed by atoms with Crippen molar-refractivity contribution >= 4 is 29.3 Å². The predicted octanol–water partition coefficient (Wildman–Crippen LogP) is 2.75. The van der Waals surface area contributed by atoms with Crippen molar-refractivity contribution < 1.29 is 4.79 Å². The lowest BCUT2D eigenvalue weighted by molar-refractivity contribution is -0.118. The number of rotatable bonds is 6. The molecule has 112 valence electrons. The zero-order chi connectivity index (χ0) is 15.2. The minimum absolute atomic E-state index is 0.0119. The van der Waals surface area contributed by atoms with Gasteiger partial charge in [0.15, 0.2) is 11.0 Å². The van der Waals surface area contributed by atoms with Crippen molar-refractivity contribution in [2.75, 3.05) is 12.3 Å². The highest BCUT2D eigenvalue weighted by Crippen LogP contribution is 2.23. The van der Waals surface area contributed by atoms with Gasteiger partial charge in [-0.3, -0.25) is 4.79 Å². The summed E-state index contributed by atoms with van der Waals surface area (Å²) in [5, 5.41) is 12.5. The summed E-state index contributed by atoms with van der Waals surface area (Å²) in [5.74, 6) is 1.10. The van der Waals surface area contributed by atoms with Crippen molar-refractivity contribution in [1.82, 2.24) is 20.1 Å². The average Bonchev–Trinajstić information content (AvgIpc) is 2.85. The SMILES string of the molecule is CCCNC(=O)CSc1nnc(-c2ccc(Cl)cc2)n1C. The predicted molar refractivity (Wildman–Crippen MR) is 85.5 cm³/mol. The maximum absolute atomic E-state index is 11.6. The maximum Gasteiger partial charge on any atom is 0.230 e. The summed E-state index contributed by atoms with van der Waals surface area (Å²) < 4.78 is 1.88. The number of halogens is 1. The Bertz CT molecular complexity index is 612. The van der Waals surface area contributed by atoms with Gasteiger partial charge in [0, 0.05) is 24.2 Å². The molecule has 1 aromatic carbocycles. The fourth-order valence-corrected chi connectivity index (χ4v) is 2.60. The number of benzene rings is 1. The molecule has 2 rings (SSSR count). The van der Waals surface area contributed by atoms with Crippen LogP contribution in [-0.2, 0) is 11.8 Å². The van der Waals surface area contributed by atoms with Crippen LogP contribution < -0.4 is 5.32 Å². The Morgan fingerprint density at radius 2 is 2.05 bits per heavy atom. The average molecular weight is 325 g/mol. The molecule has 21 heavy (non-hydrogen) atoms. The molecule has 0 fully saturated rings. The monoisotopic (exact) mass is 324 g/mol. The summed E-state index contributed by atoms with van der Waals surface area (Å²) in [6.45, 7) is 2.72. The van der Waals surface area contributed by atoms with E-state index in [0.29, 0.717) is 22.5 Å². The Morgan fingerprint density at radius 3 is 2.71 bits per heavy atom. The molecule has 0 aliphatic carbocycles. The number of amides is 1. The Hall–Kier alpha value is -1.53. The van der Waals surface area contributed by atoms with E-state index in [2.05, 4.69) is 15.5 Å². The van der Waals surface area contributed by atoms with Crippen molar-refractivity contribution in [1.29, 1.82) is 0 Å². The zero-order valence-corrected chi connectivity index (χ0v) is 13.5. The summed E-state index contributed by atoms with van der Waals surface area (Å²) in [5.41, 5.74) is 0.941. The maximum atomic E-state index is 11.6. The van der Waals surface area contributed by atoms with Gasteiger partial charge in [-0.25, -0.2) is 0 Å². The molecule has 2 aromatic rings. The Balaban J connectivity index is 2.03. The van der Waals surface area contributed by atoms with Crippen LogP contribution in [0, 0.1) is 0 Å². The lowest BCUT2D eigenvalue weighted by Crippen LogP contribution is -2.25. The number of hydrogen-bond donors (Lipinski definition) is 1. The van der Waals surface area contributed by atoms with Gasteiger partial charge in [-0.1, -0.05) is 30.3 Å². The lowest BCUT2D eigenvalue weighted by atomic mass is 10.2. The fourth-order valence-electron chi connectivity index (χ4n) is 1.74. The molecule has 7 heteroatoms. The van der Waals surface area contributed by atoms with Crippen LogP contribution in [0.3, 0.4) is 0 Å². The smallest absolute Gasteiger partial charge is 0.230 e. The van der Waals surface area contributed by atoms with Gasteiger partial charge in [-0.05, 0) is 30.7 Å². The van der Waals surface area contributed by atoms with Gasteiger partial charge >= 0.3 is 0 Å². The van der Waals surface area contributed by atoms with Crippen molar-refractivity contribution in [3.05, 3.63) is 29.3 Å². The van der Waals surface area contributed by atoms with E-state index in [4.69, 9.17) is 11.6 Å². The second-order valence-electron chi connectivity index (χ2n) is 4.51. The Kier molecular flexibility index (Phi) is 5.64. The topological polar surface area (TPSA) is 59.8 Å². The molecule has 0 radical (unpaired) electrons. The van der Waals surface area contributed by atoms with Gasteiger partial charge in [0.2, 0.25) is 5.91 Å². The summed E-state index contributed by atoms with van der Waals surface area (Å²) in [6.07, 6.45) is 0.932. The number of thioether (sulfide) groups is 1. The third-order valence-corrected chi connectivity index (χ3v) is 4.11. The van der Waals surface area contributed by atoms with E-state index >= 15 is 0 Å². The van der Waals surface area contributed by atoms with Crippen LogP contribution in [0.2, 0.25) is 5.02 Å². The first-order chi connectivity index (χ1) is 10.1. The summed E-state index contributed by atoms with van der Waals surface area (Å²) >= 11 is 7.25. The van der Waals surface area contributed by atoms with Crippen molar-refractivity contribution in [2.24, 2.45) is 7.05 Å². The van der Waals surface area contributed by atoms with Crippen molar-refractivity contribution in [3.63, 3.8) is 0 Å². The molecule has 1 amide bonds. The Morgan fingerprint density at radius 1 is 1.33 bits per heavy atom. The van der Waals surface area contributed by atoms with Crippen LogP contribution in [0.5, 0.6) is 0 Å². The zero-order valence-electron chi connectivity index (χ0n) is 12.0. The minimum Gasteiger partial charge on any atom is -0.355 e. The van der Waals surface area contributed by atoms with Crippen molar-refractivity contribution in [2.45, 2.75) is 18.5 Å². The van der Waals surface area contributed by atoms with E-state index in [0.717, 1.165) is 17.8 Å². The van der Waals surface area contributed by atoms with Crippen LogP contribution in [0.25, 0.3) is 11.4 Å². The number of aromatic nitrogens is 3. The number of carbonyl (C=O) groups excluding carboxylic acids is 1. The van der Waals surface area contributed by atoms with E-state index in [1.54, 1.807) is 0 Å². The quantitative estimate of drug-likeness (QED) is 0.830. The third kappa shape index (κ3) is 4.22. The molecular weight excluding hydrogens is 308 g/mol. The van der Waals surface area contributed by atoms with Gasteiger partial charge in [-0.15, -0.1) is 10.2 Å². The van der Waals surface area contributed by atoms with Gasteiger partial charge in [0.1, 0.15) is 0 Å². The molecule has 1 aromatic heterocycles. The highest BCUT2D eigenvalue weighted by atomic mass is 35.5. The molecule has 5 nitrogen and oxygen atoms in total. The molecule has 0 unspecified atom stereocenters. The standard InChI is InChI=1S/C14H17ClN4OS/c1-3-8-16-12(20)9-21-14-18-17-13(19(14)2)10-4-6-11(15)7-5-10/h4-7H,3,8-9H2,1-2H3,(H,16,20).